The highest BCUT2D eigenvalue weighted by Crippen LogP contribution is 2.61. The lowest BCUT2D eigenvalue weighted by molar-refractivity contribution is -0.430. The van der Waals surface area contributed by atoms with Gasteiger partial charge in [0.1, 0.15) is 42.8 Å². The molecule has 0 saturated heterocycles. The van der Waals surface area contributed by atoms with Crippen molar-refractivity contribution < 1.29 is 99.3 Å². The van der Waals surface area contributed by atoms with Gasteiger partial charge in [-0.25, -0.2) is 9.79 Å². The molecule has 0 aliphatic rings. The number of carboxylic acids is 2. The molecule has 0 radical (unpaired) electrons. The van der Waals surface area contributed by atoms with Gasteiger partial charge in [-0.1, -0.05) is 0 Å². The van der Waals surface area contributed by atoms with Gasteiger partial charge >= 0.3 is 0 Å². The summed E-state index contributed by atoms with van der Waals surface area (Å²) in [4.78, 5) is 126. The lowest BCUT2D eigenvalue weighted by Crippen LogP contribution is -2.53. The normalized spacial score (nSPS) is 16.0. The van der Waals surface area contributed by atoms with Gasteiger partial charge in [0, 0.05) is 32.7 Å². The van der Waals surface area contributed by atoms with E-state index in [2.05, 4.69) is 9.98 Å². The van der Waals surface area contributed by atoms with E-state index >= 15 is 0 Å². The van der Waals surface area contributed by atoms with Gasteiger partial charge < -0.3 is 104 Å². The molecule has 5 N–H and O–H groups in total. The molecule has 2 amide bonds. The molecule has 0 aromatic rings. The molecule has 0 aromatic carbocycles. The number of rotatable bonds is 23. The van der Waals surface area contributed by atoms with Crippen LogP contribution in [0.25, 0.3) is 0 Å². The summed E-state index contributed by atoms with van der Waals surface area (Å²) in [6, 6.07) is -2.30. The molecule has 276 valence electrons. The van der Waals surface area contributed by atoms with Gasteiger partial charge in [0.05, 0.1) is 38.0 Å². The van der Waals surface area contributed by atoms with Gasteiger partial charge in [0.25, 0.3) is 7.94 Å². The van der Waals surface area contributed by atoms with Gasteiger partial charge in [-0.15, -0.1) is 7.94 Å². The standard InChI is InChI=1S/C21H37N5O20P2/c27-10-11(23-13(29)5-17(47(41,42)43)48(44,45)46)18(35)19(36)12(28)6-22-14(30)7-24(1-3-25(20(37)38)8-15(31)32)2-4-26(21(39)40)9-16(33)34/h10-12,17-19,28,35-36H,1-9H2,(H,22,30)(H,23,29)(H,31,32)(H,33,34)(H,37,38)(H,39,40)(H2,41,42,43)(H2,44,45,46)/p-8/t11-,12+,18+,19+/m0/s1. The monoisotopic (exact) mass is 733 g/mol. The average molecular weight is 733 g/mol. The zero-order chi connectivity index (χ0) is 37.6. The lowest BCUT2D eigenvalue weighted by Gasteiger charge is -2.49. The van der Waals surface area contributed by atoms with Gasteiger partial charge in [-0.3, -0.25) is 9.89 Å². The van der Waals surface area contributed by atoms with E-state index in [9.17, 15) is 89.5 Å². The number of carboxylic acid groups (broad SMARTS) is 4. The van der Waals surface area contributed by atoms with Crippen LogP contribution < -0.4 is 50.2 Å². The largest absolute Gasteiger partial charge is 0.862 e. The van der Waals surface area contributed by atoms with Crippen LogP contribution in [0.5, 0.6) is 0 Å². The third-order valence-electron chi connectivity index (χ3n) is 5.98. The van der Waals surface area contributed by atoms with Crippen molar-refractivity contribution >= 4 is 58.1 Å². The number of aliphatic hydroxyl groups is 3. The third-order valence-corrected chi connectivity index (χ3v) is 9.60. The number of amides is 2. The van der Waals surface area contributed by atoms with Crippen LogP contribution >= 0.6 is 15.9 Å². The van der Waals surface area contributed by atoms with E-state index in [4.69, 9.17) is 9.79 Å². The van der Waals surface area contributed by atoms with E-state index in [1.54, 1.807) is 0 Å². The fourth-order valence-corrected chi connectivity index (χ4v) is 5.77. The summed E-state index contributed by atoms with van der Waals surface area (Å²) in [6.07, 6.45) is -13.1. The first-order chi connectivity index (χ1) is 21.9. The molecule has 1 unspecified atom stereocenters. The van der Waals surface area contributed by atoms with E-state index in [1.165, 1.54) is 0 Å². The highest BCUT2D eigenvalue weighted by Gasteiger charge is 2.40. The second-order valence-electron chi connectivity index (χ2n) is 9.64. The topological polar surface area (TPSA) is 452 Å². The molecule has 27 heteroatoms. The Morgan fingerprint density at radius 3 is 1.52 bits per heavy atom. The number of nitrogens with zero attached hydrogens (tertiary/aromatic N) is 5. The molecule has 0 saturated carbocycles. The van der Waals surface area contributed by atoms with E-state index < -0.39 is 140 Å². The smallest absolute Gasteiger partial charge is 0.269 e. The highest BCUT2D eigenvalue weighted by atomic mass is 31.3. The molecular weight excluding hydrogens is 704 g/mol. The fraction of sp³-hybridized carbons (Fsp3) is 0.667. The van der Waals surface area contributed by atoms with Crippen LogP contribution in [-0.4, -0.2) is 164 Å². The Kier molecular flexibility index (Phi) is 18.7. The minimum atomic E-state index is -6.08. The van der Waals surface area contributed by atoms with Crippen molar-refractivity contribution in [2.24, 2.45) is 9.98 Å². The predicted octanol–water partition coefficient (Wildman–Crippen LogP) is -15.1. The summed E-state index contributed by atoms with van der Waals surface area (Å²) in [5.41, 5.74) is 0. The molecule has 0 aliphatic heterocycles. The Bertz CT molecular complexity index is 1110. The van der Waals surface area contributed by atoms with Gasteiger partial charge in [0.2, 0.25) is 5.40 Å². The Hall–Kier alpha value is -3.45. The lowest BCUT2D eigenvalue weighted by atomic mass is 10.0. The average Bonchev–Trinajstić information content (AvgIpc) is 2.94. The molecule has 48 heavy (non-hydrogen) atoms. The third kappa shape index (κ3) is 17.1. The maximum Gasteiger partial charge on any atom is 0.269 e. The molecule has 0 aromatic heterocycles. The van der Waals surface area contributed by atoms with Crippen molar-refractivity contribution in [3.8, 4) is 0 Å². The van der Waals surface area contributed by atoms with E-state index in [1.807, 2.05) is 0 Å². The van der Waals surface area contributed by atoms with E-state index in [0.717, 1.165) is 4.90 Å². The Labute approximate surface area is 271 Å². The zero-order valence-corrected chi connectivity index (χ0v) is 26.1. The summed E-state index contributed by atoms with van der Waals surface area (Å²) < 4.78 is 0. The summed E-state index contributed by atoms with van der Waals surface area (Å²) in [6.45, 7) is -6.63. The molecule has 0 spiro atoms. The number of carbonyl (C=O) groups excluding carboxylic acids is 5. The second-order valence-corrected chi connectivity index (χ2v) is 13.6. The van der Waals surface area contributed by atoms with Crippen LogP contribution in [0.4, 0.5) is 9.59 Å². The summed E-state index contributed by atoms with van der Waals surface area (Å²) in [7, 11) is -11.8. The maximum absolute atomic E-state index is 12.4. The molecule has 0 rings (SSSR count). The zero-order valence-electron chi connectivity index (χ0n) is 24.3. The molecule has 0 heterocycles. The quantitative estimate of drug-likeness (QED) is 0.0281. The van der Waals surface area contributed by atoms with Gasteiger partial charge in [-0.2, -0.15) is 0 Å². The van der Waals surface area contributed by atoms with Crippen LogP contribution in [0, 0.1) is 0 Å². The minimum Gasteiger partial charge on any atom is -0.862 e. The highest BCUT2D eigenvalue weighted by molar-refractivity contribution is 7.74. The Morgan fingerprint density at radius 1 is 0.708 bits per heavy atom. The van der Waals surface area contributed by atoms with Crippen molar-refractivity contribution in [1.82, 2.24) is 14.7 Å². The second kappa shape index (κ2) is 20.2. The van der Waals surface area contributed by atoms with Crippen molar-refractivity contribution in [2.75, 3.05) is 52.4 Å². The number of aldehydes is 1. The number of carbonyl (C=O) groups is 5. The molecule has 25 nitrogen and oxygen atoms in total. The van der Waals surface area contributed by atoms with Crippen molar-refractivity contribution in [3.63, 3.8) is 0 Å². The van der Waals surface area contributed by atoms with Crippen LogP contribution in [-0.2, 0) is 14.4 Å². The van der Waals surface area contributed by atoms with Crippen molar-refractivity contribution in [3.05, 3.63) is 0 Å². The summed E-state index contributed by atoms with van der Waals surface area (Å²) in [5.74, 6) is -6.63. The number of aliphatic carboxylic acids is 2. The fourth-order valence-electron chi connectivity index (χ4n) is 3.53. The van der Waals surface area contributed by atoms with Crippen molar-refractivity contribution in [2.45, 2.75) is 36.2 Å². The van der Waals surface area contributed by atoms with Crippen LogP contribution in [0.3, 0.4) is 0 Å². The first kappa shape index (κ1) is 44.5. The van der Waals surface area contributed by atoms with Crippen LogP contribution in [0.2, 0.25) is 0 Å². The maximum atomic E-state index is 12.4. The first-order valence-electron chi connectivity index (χ1n) is 12.9. The number of hydrogen-bond donors (Lipinski definition) is 5. The van der Waals surface area contributed by atoms with E-state index in [-0.39, 0.29) is 16.1 Å². The Morgan fingerprint density at radius 2 is 1.17 bits per heavy atom. The van der Waals surface area contributed by atoms with E-state index in [0.29, 0.717) is 0 Å². The SMILES string of the molecule is O=C[C@H](N=C([O-])CC([P+]([O-])([O-])[O-])[P+]([O-])(O)O)[C@@H](O)[C@H](O)[C@H](O)CN=C([O-])CN(CCN(CC(=O)[O-])C(=O)[O-])CCN(CC(=O)[O-])C(=O)[O-]. The first-order valence-corrected chi connectivity index (χ1v) is 16.2. The Balaban J connectivity index is 5.75. The van der Waals surface area contributed by atoms with Crippen molar-refractivity contribution in [1.29, 1.82) is 0 Å². The molecule has 0 fully saturated rings. The number of hydrogen-bond acceptors (Lipinski definition) is 23. The number of aliphatic hydroxyl groups excluding tert-OH is 3. The van der Waals surface area contributed by atoms with Crippen LogP contribution in [0.15, 0.2) is 9.98 Å². The molecular formula is C21H29N5O20P2-8. The number of aliphatic imine (C=N–C) groups is 2. The summed E-state index contributed by atoms with van der Waals surface area (Å²) in [5, 5.41) is 95.7. The minimum absolute atomic E-state index is 0.231. The molecule has 0 bridgehead atoms. The van der Waals surface area contributed by atoms with Gasteiger partial charge in [-0.05, 0) is 11.8 Å². The molecule has 0 aliphatic carbocycles. The van der Waals surface area contributed by atoms with Crippen LogP contribution in [0.1, 0.15) is 6.42 Å². The summed E-state index contributed by atoms with van der Waals surface area (Å²) >= 11 is 0. The predicted molar refractivity (Wildman–Crippen MR) is 135 cm³/mol. The molecule has 5 atom stereocenters. The van der Waals surface area contributed by atoms with Gasteiger partial charge in [0.15, 0.2) is 0 Å².